The molecule has 19 heavy (non-hydrogen) atoms. The van der Waals surface area contributed by atoms with Crippen LogP contribution in [0.15, 0.2) is 24.9 Å². The Morgan fingerprint density at radius 1 is 1.58 bits per heavy atom. The van der Waals surface area contributed by atoms with E-state index in [0.29, 0.717) is 6.42 Å². The molecular formula is C11H16BrN5OS. The maximum absolute atomic E-state index is 11.7. The number of H-pyrrole nitrogens is 1. The summed E-state index contributed by atoms with van der Waals surface area (Å²) in [5.74, 6) is 0.755. The molecule has 0 aliphatic heterocycles. The monoisotopic (exact) mass is 345 g/mol. The number of halogens is 1. The van der Waals surface area contributed by atoms with E-state index in [1.54, 1.807) is 6.20 Å². The van der Waals surface area contributed by atoms with Gasteiger partial charge in [0.05, 0.1) is 31.9 Å². The van der Waals surface area contributed by atoms with Gasteiger partial charge in [0.25, 0.3) is 0 Å². The van der Waals surface area contributed by atoms with Crippen LogP contribution in [-0.2, 0) is 24.8 Å². The average molecular weight is 346 g/mol. The summed E-state index contributed by atoms with van der Waals surface area (Å²) in [6.45, 7) is 0.733. The fourth-order valence-electron chi connectivity index (χ4n) is 1.54. The Kier molecular flexibility index (Phi) is 6.79. The number of nitrogens with one attached hydrogen (secondary N) is 1. The Morgan fingerprint density at radius 3 is 3.05 bits per heavy atom. The summed E-state index contributed by atoms with van der Waals surface area (Å²) < 4.78 is 3.97. The molecule has 0 radical (unpaired) electrons. The quantitative estimate of drug-likeness (QED) is 0.580. The minimum Gasteiger partial charge on any atom is -1.00 e. The summed E-state index contributed by atoms with van der Waals surface area (Å²) in [6.07, 6.45) is 8.90. The zero-order valence-corrected chi connectivity index (χ0v) is 13.0. The van der Waals surface area contributed by atoms with Crippen LogP contribution in [0.1, 0.15) is 12.1 Å². The molecule has 0 aliphatic rings. The van der Waals surface area contributed by atoms with Crippen LogP contribution >= 0.6 is 11.8 Å². The van der Waals surface area contributed by atoms with Crippen molar-refractivity contribution in [3.05, 3.63) is 30.6 Å². The zero-order valence-electron chi connectivity index (χ0n) is 10.6. The van der Waals surface area contributed by atoms with E-state index in [9.17, 15) is 4.79 Å². The molecule has 0 spiro atoms. The highest BCUT2D eigenvalue weighted by Gasteiger charge is 2.07. The second kappa shape index (κ2) is 8.11. The normalized spacial score (nSPS) is 10.2. The Bertz CT molecular complexity index is 499. The van der Waals surface area contributed by atoms with Crippen LogP contribution in [-0.4, -0.2) is 30.8 Å². The first kappa shape index (κ1) is 15.9. The van der Waals surface area contributed by atoms with Crippen LogP contribution in [0.4, 0.5) is 0 Å². The first-order valence-corrected chi connectivity index (χ1v) is 6.74. The van der Waals surface area contributed by atoms with E-state index < -0.39 is 0 Å². The average Bonchev–Trinajstić information content (AvgIpc) is 2.98. The van der Waals surface area contributed by atoms with Crippen LogP contribution in [0.3, 0.4) is 0 Å². The number of aromatic nitrogens is 5. The number of nitrogens with zero attached hydrogens (tertiary/aromatic N) is 4. The topological polar surface area (TPSA) is 67.4 Å². The molecule has 0 aliphatic carbocycles. The second-order valence-corrected chi connectivity index (χ2v) is 5.15. The minimum absolute atomic E-state index is 0. The molecule has 0 unspecified atom stereocenters. The smallest absolute Gasteiger partial charge is 0.243 e. The van der Waals surface area contributed by atoms with Crippen molar-refractivity contribution in [3.63, 3.8) is 0 Å². The number of thioether (sulfide) groups is 1. The van der Waals surface area contributed by atoms with Crippen molar-refractivity contribution in [3.8, 4) is 0 Å². The van der Waals surface area contributed by atoms with Crippen molar-refractivity contribution in [2.45, 2.75) is 19.4 Å². The molecule has 2 aromatic rings. The van der Waals surface area contributed by atoms with Crippen molar-refractivity contribution in [1.82, 2.24) is 20.0 Å². The number of aryl methyl sites for hydroxylation is 3. The van der Waals surface area contributed by atoms with Gasteiger partial charge in [-0.15, -0.1) is 0 Å². The zero-order chi connectivity index (χ0) is 12.8. The number of carbonyl (C=O) groups excluding carboxylic acids is 1. The van der Waals surface area contributed by atoms with Crippen LogP contribution in [0, 0.1) is 0 Å². The molecule has 0 saturated carbocycles. The molecule has 8 heteroatoms. The second-order valence-electron chi connectivity index (χ2n) is 4.00. The summed E-state index contributed by atoms with van der Waals surface area (Å²) >= 11 is 1.36. The lowest BCUT2D eigenvalue weighted by Gasteiger charge is -1.98. The van der Waals surface area contributed by atoms with E-state index in [-0.39, 0.29) is 22.1 Å². The van der Waals surface area contributed by atoms with Crippen molar-refractivity contribution >= 4 is 16.9 Å². The molecule has 2 aromatic heterocycles. The Hall–Kier alpha value is -1.15. The number of hydrogen-bond donors (Lipinski definition) is 1. The lowest BCUT2D eigenvalue weighted by Crippen LogP contribution is -3.00. The van der Waals surface area contributed by atoms with Crippen LogP contribution in [0.5, 0.6) is 0 Å². The molecule has 2 rings (SSSR count). The minimum atomic E-state index is 0. The maximum atomic E-state index is 11.7. The summed E-state index contributed by atoms with van der Waals surface area (Å²) in [4.78, 5) is 11.7. The molecule has 0 aromatic carbocycles. The number of aromatic amines is 1. The van der Waals surface area contributed by atoms with E-state index in [0.717, 1.165) is 24.4 Å². The largest absolute Gasteiger partial charge is 1.00 e. The molecule has 0 bridgehead atoms. The van der Waals surface area contributed by atoms with Gasteiger partial charge in [0.1, 0.15) is 12.4 Å². The van der Waals surface area contributed by atoms with E-state index >= 15 is 0 Å². The molecule has 0 atom stereocenters. The lowest BCUT2D eigenvalue weighted by molar-refractivity contribution is -0.671. The molecule has 1 N–H and O–H groups in total. The highest BCUT2D eigenvalue weighted by atomic mass is 79.9. The Morgan fingerprint density at radius 2 is 2.42 bits per heavy atom. The summed E-state index contributed by atoms with van der Waals surface area (Å²) in [5.41, 5.74) is 0.896. The number of carbonyl (C=O) groups is 1. The van der Waals surface area contributed by atoms with E-state index in [2.05, 4.69) is 15.4 Å². The highest BCUT2D eigenvalue weighted by molar-refractivity contribution is 8.13. The van der Waals surface area contributed by atoms with Gasteiger partial charge in [0, 0.05) is 12.2 Å². The standard InChI is InChI=1S/C11H16N5OS.BrH/c1-15-5-6-16(9-15)4-2-11(17)18-7-3-10-8-12-14-13-10;/h5-6,8-9H,2-4,7H2,1H3,(H,12,13,14);1H/q+1;/p-1. The van der Waals surface area contributed by atoms with Crippen molar-refractivity contribution in [2.24, 2.45) is 7.05 Å². The molecular weight excluding hydrogens is 330 g/mol. The number of rotatable bonds is 6. The van der Waals surface area contributed by atoms with Crippen molar-refractivity contribution in [2.75, 3.05) is 5.75 Å². The Labute approximate surface area is 126 Å². The number of hydrogen-bond acceptors (Lipinski definition) is 4. The number of imidazole rings is 1. The molecule has 104 valence electrons. The van der Waals surface area contributed by atoms with Gasteiger partial charge in [-0.05, 0) is 0 Å². The van der Waals surface area contributed by atoms with Gasteiger partial charge in [0.15, 0.2) is 5.12 Å². The molecule has 0 amide bonds. The third-order valence-corrected chi connectivity index (χ3v) is 3.42. The molecule has 0 saturated heterocycles. The molecule has 2 heterocycles. The summed E-state index contributed by atoms with van der Waals surface area (Å²) in [7, 11) is 1.96. The van der Waals surface area contributed by atoms with Gasteiger partial charge in [0.2, 0.25) is 6.33 Å². The lowest BCUT2D eigenvalue weighted by atomic mass is 10.4. The van der Waals surface area contributed by atoms with Crippen LogP contribution in [0.2, 0.25) is 0 Å². The van der Waals surface area contributed by atoms with Gasteiger partial charge >= 0.3 is 0 Å². The molecule has 6 nitrogen and oxygen atoms in total. The molecule has 0 fully saturated rings. The van der Waals surface area contributed by atoms with Gasteiger partial charge in [-0.3, -0.25) is 4.79 Å². The predicted molar refractivity (Wildman–Crippen MR) is 67.8 cm³/mol. The van der Waals surface area contributed by atoms with Gasteiger partial charge < -0.3 is 17.0 Å². The van der Waals surface area contributed by atoms with Crippen LogP contribution < -0.4 is 21.5 Å². The Balaban J connectivity index is 0.00000180. The third kappa shape index (κ3) is 5.56. The van der Waals surface area contributed by atoms with Gasteiger partial charge in [-0.2, -0.15) is 15.4 Å². The van der Waals surface area contributed by atoms with Crippen LogP contribution in [0.25, 0.3) is 0 Å². The predicted octanol–water partition coefficient (Wildman–Crippen LogP) is -2.67. The fourth-order valence-corrected chi connectivity index (χ4v) is 2.32. The first-order chi connectivity index (χ1) is 8.74. The third-order valence-electron chi connectivity index (χ3n) is 2.48. The first-order valence-electron chi connectivity index (χ1n) is 5.75. The fraction of sp³-hybridized carbons (Fsp3) is 0.455. The van der Waals surface area contributed by atoms with Crippen molar-refractivity contribution < 1.29 is 26.3 Å². The van der Waals surface area contributed by atoms with E-state index in [4.69, 9.17) is 0 Å². The summed E-state index contributed by atoms with van der Waals surface area (Å²) in [6, 6.07) is 0. The van der Waals surface area contributed by atoms with Gasteiger partial charge in [-0.1, -0.05) is 11.8 Å². The SMILES string of the molecule is C[n+]1ccn(CCC(=O)SCCc2cn[nH]n2)c1.[Br-]. The van der Waals surface area contributed by atoms with Gasteiger partial charge in [-0.25, -0.2) is 9.13 Å². The van der Waals surface area contributed by atoms with E-state index in [1.807, 2.05) is 34.9 Å². The highest BCUT2D eigenvalue weighted by Crippen LogP contribution is 2.08. The summed E-state index contributed by atoms with van der Waals surface area (Å²) in [5, 5.41) is 10.4. The maximum Gasteiger partial charge on any atom is 0.243 e. The van der Waals surface area contributed by atoms with E-state index in [1.165, 1.54) is 11.8 Å². The van der Waals surface area contributed by atoms with Crippen molar-refractivity contribution in [1.29, 1.82) is 0 Å².